The van der Waals surface area contributed by atoms with E-state index in [9.17, 15) is 25.9 Å². The predicted molar refractivity (Wildman–Crippen MR) is 303 cm³/mol. The lowest BCUT2D eigenvalue weighted by Gasteiger charge is -2.21. The smallest absolute Gasteiger partial charge is 0.264 e. The first-order chi connectivity index (χ1) is 36.5. The van der Waals surface area contributed by atoms with E-state index in [2.05, 4.69) is 122 Å². The lowest BCUT2D eigenvalue weighted by Crippen LogP contribution is -2.36. The van der Waals surface area contributed by atoms with Crippen LogP contribution in [0.5, 0.6) is 0 Å². The van der Waals surface area contributed by atoms with Crippen molar-refractivity contribution in [2.75, 3.05) is 85.5 Å². The number of anilines is 3. The zero-order valence-electron chi connectivity index (χ0n) is 41.1. The molecule has 0 unspecified atom stereocenters. The minimum Gasteiger partial charge on any atom is -0.748 e. The molecule has 0 atom stereocenters. The topological polar surface area (TPSA) is 153 Å². The highest BCUT2D eigenvalue weighted by atomic mass is 32.2. The lowest BCUT2D eigenvalue weighted by atomic mass is 10.1. The van der Waals surface area contributed by atoms with Crippen LogP contribution in [0.2, 0.25) is 0 Å². The summed E-state index contributed by atoms with van der Waals surface area (Å²) in [6.45, 7) is 4.92. The molecule has 3 aliphatic heterocycles. The first-order valence-electron chi connectivity index (χ1n) is 24.8. The number of thioether (sulfide) groups is 2. The summed E-state index contributed by atoms with van der Waals surface area (Å²) < 4.78 is 88.5. The molecule has 7 aromatic rings. The van der Waals surface area contributed by atoms with Gasteiger partial charge in [-0.1, -0.05) is 132 Å². The van der Waals surface area contributed by atoms with Crippen molar-refractivity contribution < 1.29 is 44.7 Å². The molecule has 3 aliphatic rings. The number of hydrogen-bond acceptors (Lipinski definition) is 14. The molecule has 10 rings (SSSR count). The summed E-state index contributed by atoms with van der Waals surface area (Å²) in [5.74, 6) is -0.729. The minimum atomic E-state index is -4.33. The molecule has 0 saturated heterocycles. The van der Waals surface area contributed by atoms with E-state index in [1.165, 1.54) is 10.5 Å². The van der Waals surface area contributed by atoms with Crippen LogP contribution in [0.1, 0.15) is 23.4 Å². The molecule has 75 heavy (non-hydrogen) atoms. The molecule has 0 saturated carbocycles. The van der Waals surface area contributed by atoms with E-state index in [1.54, 1.807) is 34.9 Å². The number of aryl methyl sites for hydroxylation is 1. The Balaban J connectivity index is 0.704. The van der Waals surface area contributed by atoms with Gasteiger partial charge in [-0.2, -0.15) is 13.0 Å². The van der Waals surface area contributed by atoms with Gasteiger partial charge in [0.15, 0.2) is 6.54 Å². The maximum Gasteiger partial charge on any atom is 0.264 e. The first kappa shape index (κ1) is 52.7. The van der Waals surface area contributed by atoms with Gasteiger partial charge in [0.1, 0.15) is 9.73 Å². The molecule has 0 bridgehead atoms. The summed E-state index contributed by atoms with van der Waals surface area (Å²) in [6, 6.07) is 41.4. The van der Waals surface area contributed by atoms with Crippen LogP contribution in [-0.4, -0.2) is 96.7 Å². The maximum atomic E-state index is 11.6. The second-order valence-electron chi connectivity index (χ2n) is 18.0. The number of ether oxygens (including phenoxy) is 3. The summed E-state index contributed by atoms with van der Waals surface area (Å²) in [6.07, 6.45) is 11.5. The number of allylic oxidation sites excluding steroid dienone is 5. The van der Waals surface area contributed by atoms with Crippen LogP contribution in [0.25, 0.3) is 37.8 Å². The molecule has 0 amide bonds. The van der Waals surface area contributed by atoms with Gasteiger partial charge in [0.2, 0.25) is 5.52 Å². The number of fused-ring (bicyclic) bond motifs is 8. The van der Waals surface area contributed by atoms with Gasteiger partial charge in [-0.15, -0.1) is 0 Å². The van der Waals surface area contributed by atoms with Crippen molar-refractivity contribution in [1.29, 1.82) is 0 Å². The molecule has 1 aromatic heterocycles. The number of thiazole rings is 1. The van der Waals surface area contributed by atoms with Gasteiger partial charge in [-0.05, 0) is 77.4 Å². The number of para-hydroxylation sites is 2. The van der Waals surface area contributed by atoms with E-state index in [0.717, 1.165) is 80.9 Å². The SMILES string of the molecule is O=S(=O)([O-])CCC[n+]1c(/C=C/C=C2/Sc3ccccc3N2CCOCCOCCOCCN2/C(=C\C=C=C3Sc4ccc5ccccc5c4N3CCCS(=O)(=O)O)Cc3ccccc32)sc2ccc3ccccc3c21. The summed E-state index contributed by atoms with van der Waals surface area (Å²) in [4.78, 5) is 8.91. The molecular weight excluding hydrogens is 1040 g/mol. The van der Waals surface area contributed by atoms with Gasteiger partial charge in [0.05, 0.1) is 77.3 Å². The Morgan fingerprint density at radius 2 is 1.32 bits per heavy atom. The van der Waals surface area contributed by atoms with E-state index in [4.69, 9.17) is 14.2 Å². The molecule has 1 N–H and O–H groups in total. The summed E-state index contributed by atoms with van der Waals surface area (Å²) in [5.41, 5.74) is 10.2. The lowest BCUT2D eigenvalue weighted by molar-refractivity contribution is -0.667. The Morgan fingerprint density at radius 3 is 2.09 bits per heavy atom. The summed E-state index contributed by atoms with van der Waals surface area (Å²) in [7, 11) is -8.42. The monoisotopic (exact) mass is 1100 g/mol. The second-order valence-corrected chi connectivity index (χ2v) is 24.3. The van der Waals surface area contributed by atoms with E-state index in [-0.39, 0.29) is 18.6 Å². The molecule has 0 spiro atoms. The highest BCUT2D eigenvalue weighted by Gasteiger charge is 2.29. The van der Waals surface area contributed by atoms with E-state index < -0.39 is 26.0 Å². The quantitative estimate of drug-likeness (QED) is 0.0280. The number of hydrogen-bond donors (Lipinski definition) is 1. The van der Waals surface area contributed by atoms with Gasteiger partial charge in [0, 0.05) is 70.9 Å². The van der Waals surface area contributed by atoms with Crippen molar-refractivity contribution in [3.63, 3.8) is 0 Å². The van der Waals surface area contributed by atoms with Crippen molar-refractivity contribution in [3.05, 3.63) is 178 Å². The summed E-state index contributed by atoms with van der Waals surface area (Å²) in [5, 5.41) is 7.27. The minimum absolute atomic E-state index is 0.226. The standard InChI is InChI=1S/C57H56N4O9S5/c62-74(63,64)39-11-29-60-54(72-51-27-25-42-13-1-4-17-46(42)56(51)60)22-9-16-45-41-44-15-3-6-19-48(44)58(45)31-33-68-35-37-70-38-36-69-34-32-59-49-20-7-8-21-50(49)71-53(59)23-10-24-55-61(30-12-40-75(65,66)67)57-47-18-5-2-14-43(47)26-28-52(57)73-55/h1-10,13-21,23-28H,11-12,29-41H2,(H-,62,63,64,65,66,67)/b45-16-. The highest BCUT2D eigenvalue weighted by Crippen LogP contribution is 2.49. The molecular formula is C57H56N4O9S5. The van der Waals surface area contributed by atoms with Crippen LogP contribution < -0.4 is 19.3 Å². The van der Waals surface area contributed by atoms with E-state index in [0.29, 0.717) is 65.8 Å². The Labute approximate surface area is 450 Å². The Hall–Kier alpha value is -5.73. The number of nitrogens with zero attached hydrogens (tertiary/aromatic N) is 4. The maximum absolute atomic E-state index is 11.6. The molecule has 13 nitrogen and oxygen atoms in total. The molecule has 388 valence electrons. The average Bonchev–Trinajstić information content (AvgIpc) is 4.16. The molecule has 4 heterocycles. The van der Waals surface area contributed by atoms with Crippen LogP contribution in [0.15, 0.2) is 177 Å². The Bertz CT molecular complexity index is 3630. The molecule has 0 fully saturated rings. The number of rotatable bonds is 23. The Kier molecular flexibility index (Phi) is 16.9. The average molecular weight is 1100 g/mol. The largest absolute Gasteiger partial charge is 0.748 e. The fourth-order valence-electron chi connectivity index (χ4n) is 9.67. The highest BCUT2D eigenvalue weighted by molar-refractivity contribution is 8.04. The zero-order chi connectivity index (χ0) is 51.8. The second kappa shape index (κ2) is 24.1. The van der Waals surface area contributed by atoms with Gasteiger partial charge < -0.3 is 33.5 Å². The summed E-state index contributed by atoms with van der Waals surface area (Å²) >= 11 is 4.95. The van der Waals surface area contributed by atoms with Crippen LogP contribution in [0.4, 0.5) is 17.1 Å². The van der Waals surface area contributed by atoms with E-state index >= 15 is 0 Å². The fraction of sp³-hybridized carbons (Fsp3) is 0.263. The van der Waals surface area contributed by atoms with Crippen molar-refractivity contribution in [2.45, 2.75) is 35.6 Å². The van der Waals surface area contributed by atoms with Gasteiger partial charge in [-0.25, -0.2) is 8.42 Å². The van der Waals surface area contributed by atoms with Crippen molar-refractivity contribution in [2.24, 2.45) is 0 Å². The van der Waals surface area contributed by atoms with Crippen molar-refractivity contribution in [1.82, 2.24) is 0 Å². The van der Waals surface area contributed by atoms with Gasteiger partial charge in [-0.3, -0.25) is 4.55 Å². The molecule has 18 heteroatoms. The van der Waals surface area contributed by atoms with Crippen LogP contribution in [0.3, 0.4) is 0 Å². The van der Waals surface area contributed by atoms with Crippen LogP contribution >= 0.6 is 34.9 Å². The van der Waals surface area contributed by atoms with Crippen molar-refractivity contribution >= 4 is 110 Å². The third-order valence-electron chi connectivity index (χ3n) is 13.0. The third-order valence-corrected chi connectivity index (χ3v) is 17.9. The molecule has 0 aliphatic carbocycles. The zero-order valence-corrected chi connectivity index (χ0v) is 45.2. The van der Waals surface area contributed by atoms with Gasteiger partial charge in [0.25, 0.3) is 15.1 Å². The third kappa shape index (κ3) is 12.9. The normalized spacial score (nSPS) is 15.6. The molecule has 6 aromatic carbocycles. The molecule has 0 radical (unpaired) electrons. The van der Waals surface area contributed by atoms with Crippen molar-refractivity contribution in [3.8, 4) is 0 Å². The Morgan fingerprint density at radius 1 is 0.653 bits per heavy atom. The van der Waals surface area contributed by atoms with E-state index in [1.807, 2.05) is 54.6 Å². The number of aromatic nitrogens is 1. The number of benzene rings is 6. The van der Waals surface area contributed by atoms with Crippen LogP contribution in [0, 0.1) is 0 Å². The first-order valence-corrected chi connectivity index (χ1v) is 30.5. The predicted octanol–water partition coefficient (Wildman–Crippen LogP) is 10.8. The van der Waals surface area contributed by atoms with Gasteiger partial charge >= 0.3 is 0 Å². The fourth-order valence-corrected chi connectivity index (χ4v) is 13.9. The van der Waals surface area contributed by atoms with Crippen LogP contribution in [-0.2, 0) is 47.4 Å².